The molecular formula is C11H15N3O4. The van der Waals surface area contributed by atoms with Gasteiger partial charge < -0.3 is 10.4 Å². The molecule has 0 aliphatic carbocycles. The maximum absolute atomic E-state index is 11.2. The summed E-state index contributed by atoms with van der Waals surface area (Å²) in [5, 5.41) is 22.7. The summed E-state index contributed by atoms with van der Waals surface area (Å²) < 4.78 is 0. The second-order valence-electron chi connectivity index (χ2n) is 4.20. The van der Waals surface area contributed by atoms with Crippen LogP contribution in [0.2, 0.25) is 0 Å². The molecule has 2 N–H and O–H groups in total. The Bertz CT molecular complexity index is 489. The predicted octanol–water partition coefficient (Wildman–Crippen LogP) is 1.96. The highest BCUT2D eigenvalue weighted by atomic mass is 16.6. The molecule has 0 aliphatic rings. The summed E-state index contributed by atoms with van der Waals surface area (Å²) in [6.45, 7) is 4.72. The van der Waals surface area contributed by atoms with Gasteiger partial charge in [-0.3, -0.25) is 10.1 Å². The number of aryl methyl sites for hydroxylation is 1. The molecule has 18 heavy (non-hydrogen) atoms. The van der Waals surface area contributed by atoms with E-state index < -0.39 is 16.4 Å². The number of aliphatic carboxylic acids is 1. The van der Waals surface area contributed by atoms with Crippen molar-refractivity contribution in [2.75, 3.05) is 5.32 Å². The first-order valence-electron chi connectivity index (χ1n) is 5.43. The van der Waals surface area contributed by atoms with Crippen molar-refractivity contribution in [2.45, 2.75) is 32.7 Å². The third-order valence-corrected chi connectivity index (χ3v) is 2.88. The van der Waals surface area contributed by atoms with Crippen LogP contribution in [0.1, 0.15) is 25.8 Å². The predicted molar refractivity (Wildman–Crippen MR) is 65.6 cm³/mol. The van der Waals surface area contributed by atoms with E-state index in [-0.39, 0.29) is 17.9 Å². The molecule has 7 nitrogen and oxygen atoms in total. The van der Waals surface area contributed by atoms with Crippen LogP contribution in [-0.4, -0.2) is 26.5 Å². The van der Waals surface area contributed by atoms with Crippen molar-refractivity contribution in [3.05, 3.63) is 27.9 Å². The van der Waals surface area contributed by atoms with Crippen LogP contribution in [0.4, 0.5) is 11.5 Å². The molecule has 1 rings (SSSR count). The van der Waals surface area contributed by atoms with Crippen LogP contribution in [0.15, 0.2) is 12.3 Å². The van der Waals surface area contributed by atoms with Crippen molar-refractivity contribution in [1.29, 1.82) is 0 Å². The monoisotopic (exact) mass is 253 g/mol. The van der Waals surface area contributed by atoms with Crippen molar-refractivity contribution in [3.63, 3.8) is 0 Å². The van der Waals surface area contributed by atoms with Gasteiger partial charge in [0, 0.05) is 11.8 Å². The molecule has 1 unspecified atom stereocenters. The molecule has 0 fully saturated rings. The van der Waals surface area contributed by atoms with E-state index in [0.29, 0.717) is 5.56 Å². The van der Waals surface area contributed by atoms with E-state index in [0.717, 1.165) is 0 Å². The third kappa shape index (κ3) is 2.55. The molecule has 0 aromatic carbocycles. The minimum Gasteiger partial charge on any atom is -0.480 e. The van der Waals surface area contributed by atoms with E-state index in [1.807, 2.05) is 0 Å². The number of rotatable bonds is 5. The number of hydrogen-bond donors (Lipinski definition) is 2. The Kier molecular flexibility index (Phi) is 3.85. The van der Waals surface area contributed by atoms with Gasteiger partial charge in [-0.15, -0.1) is 0 Å². The number of nitro groups is 1. The first-order valence-corrected chi connectivity index (χ1v) is 5.43. The van der Waals surface area contributed by atoms with E-state index in [9.17, 15) is 14.9 Å². The number of aromatic nitrogens is 1. The lowest BCUT2D eigenvalue weighted by atomic mass is 9.99. The molecule has 0 saturated carbocycles. The van der Waals surface area contributed by atoms with Gasteiger partial charge in [-0.25, -0.2) is 9.78 Å². The number of anilines is 1. The van der Waals surface area contributed by atoms with Gasteiger partial charge in [0.25, 0.3) is 0 Å². The third-order valence-electron chi connectivity index (χ3n) is 2.88. The van der Waals surface area contributed by atoms with E-state index in [1.165, 1.54) is 19.2 Å². The number of nitrogens with zero attached hydrogens (tertiary/aromatic N) is 2. The van der Waals surface area contributed by atoms with Gasteiger partial charge in [0.15, 0.2) is 0 Å². The highest BCUT2D eigenvalue weighted by molar-refractivity contribution is 5.83. The summed E-state index contributed by atoms with van der Waals surface area (Å²) in [6.07, 6.45) is 1.68. The van der Waals surface area contributed by atoms with Crippen LogP contribution < -0.4 is 5.32 Å². The SMILES string of the molecule is CCC(C)(Nc1nccc(C)c1[N+](=O)[O-])C(=O)O. The highest BCUT2D eigenvalue weighted by Crippen LogP contribution is 2.28. The number of pyridine rings is 1. The zero-order chi connectivity index (χ0) is 13.9. The summed E-state index contributed by atoms with van der Waals surface area (Å²) >= 11 is 0. The fourth-order valence-corrected chi connectivity index (χ4v) is 1.43. The first kappa shape index (κ1) is 13.9. The molecule has 0 radical (unpaired) electrons. The van der Waals surface area contributed by atoms with Gasteiger partial charge in [-0.05, 0) is 26.3 Å². The minimum absolute atomic E-state index is 0.0215. The molecule has 7 heteroatoms. The summed E-state index contributed by atoms with van der Waals surface area (Å²) in [7, 11) is 0. The average molecular weight is 253 g/mol. The lowest BCUT2D eigenvalue weighted by Gasteiger charge is -2.25. The second kappa shape index (κ2) is 4.99. The Morgan fingerprint density at radius 2 is 2.28 bits per heavy atom. The lowest BCUT2D eigenvalue weighted by molar-refractivity contribution is -0.384. The molecule has 1 aromatic heterocycles. The number of carboxylic acids is 1. The molecule has 1 heterocycles. The van der Waals surface area contributed by atoms with Crippen molar-refractivity contribution in [3.8, 4) is 0 Å². The van der Waals surface area contributed by atoms with Crippen LogP contribution in [0.5, 0.6) is 0 Å². The summed E-state index contributed by atoms with van der Waals surface area (Å²) in [4.78, 5) is 25.4. The second-order valence-corrected chi connectivity index (χ2v) is 4.20. The van der Waals surface area contributed by atoms with Crippen LogP contribution in [0, 0.1) is 17.0 Å². The van der Waals surface area contributed by atoms with Crippen molar-refractivity contribution in [1.82, 2.24) is 4.98 Å². The molecule has 0 aliphatic heterocycles. The summed E-state index contributed by atoms with van der Waals surface area (Å²) in [6, 6.07) is 1.51. The van der Waals surface area contributed by atoms with Gasteiger partial charge in [0.2, 0.25) is 5.82 Å². The number of carboxylic acid groups (broad SMARTS) is 1. The largest absolute Gasteiger partial charge is 0.480 e. The highest BCUT2D eigenvalue weighted by Gasteiger charge is 2.34. The van der Waals surface area contributed by atoms with Crippen molar-refractivity contribution >= 4 is 17.5 Å². The molecular weight excluding hydrogens is 238 g/mol. The Labute approximate surface area is 104 Å². The van der Waals surface area contributed by atoms with E-state index >= 15 is 0 Å². The molecule has 1 aromatic rings. The van der Waals surface area contributed by atoms with Gasteiger partial charge in [-0.2, -0.15) is 0 Å². The fourth-order valence-electron chi connectivity index (χ4n) is 1.43. The smallest absolute Gasteiger partial charge is 0.329 e. The van der Waals surface area contributed by atoms with Crippen LogP contribution in [0.3, 0.4) is 0 Å². The Hall–Kier alpha value is -2.18. The van der Waals surface area contributed by atoms with Gasteiger partial charge >= 0.3 is 11.7 Å². The van der Waals surface area contributed by atoms with Gasteiger partial charge in [0.1, 0.15) is 5.54 Å². The molecule has 0 amide bonds. The molecule has 0 spiro atoms. The first-order chi connectivity index (χ1) is 8.31. The Balaban J connectivity index is 3.23. The van der Waals surface area contributed by atoms with E-state index in [1.54, 1.807) is 13.8 Å². The summed E-state index contributed by atoms with van der Waals surface area (Å²) in [5.41, 5.74) is -1.05. The number of carbonyl (C=O) groups is 1. The molecule has 98 valence electrons. The van der Waals surface area contributed by atoms with Crippen molar-refractivity contribution < 1.29 is 14.8 Å². The molecule has 0 saturated heterocycles. The number of hydrogen-bond acceptors (Lipinski definition) is 5. The van der Waals surface area contributed by atoms with Gasteiger partial charge in [0.05, 0.1) is 4.92 Å². The topological polar surface area (TPSA) is 105 Å². The van der Waals surface area contributed by atoms with Crippen LogP contribution >= 0.6 is 0 Å². The Morgan fingerprint density at radius 1 is 1.67 bits per heavy atom. The zero-order valence-corrected chi connectivity index (χ0v) is 10.4. The van der Waals surface area contributed by atoms with E-state index in [2.05, 4.69) is 10.3 Å². The van der Waals surface area contributed by atoms with Crippen LogP contribution in [-0.2, 0) is 4.79 Å². The molecule has 0 bridgehead atoms. The van der Waals surface area contributed by atoms with Crippen molar-refractivity contribution in [2.24, 2.45) is 0 Å². The van der Waals surface area contributed by atoms with E-state index in [4.69, 9.17) is 5.11 Å². The normalized spacial score (nSPS) is 13.7. The standard InChI is InChI=1S/C11H15N3O4/c1-4-11(3,10(15)16)13-9-8(14(17)18)7(2)5-6-12-9/h5-6H,4H2,1-3H3,(H,12,13)(H,15,16). The zero-order valence-electron chi connectivity index (χ0n) is 10.4. The van der Waals surface area contributed by atoms with Gasteiger partial charge in [-0.1, -0.05) is 6.92 Å². The number of nitrogens with one attached hydrogen (secondary N) is 1. The maximum Gasteiger partial charge on any atom is 0.329 e. The quantitative estimate of drug-likeness (QED) is 0.613. The van der Waals surface area contributed by atoms with Crippen LogP contribution in [0.25, 0.3) is 0 Å². The lowest BCUT2D eigenvalue weighted by Crippen LogP contribution is -2.43. The summed E-state index contributed by atoms with van der Waals surface area (Å²) in [5.74, 6) is -1.10. The minimum atomic E-state index is -1.29. The average Bonchev–Trinajstić information content (AvgIpc) is 2.28. The Morgan fingerprint density at radius 3 is 2.72 bits per heavy atom. The fraction of sp³-hybridized carbons (Fsp3) is 0.455. The molecule has 1 atom stereocenters. The maximum atomic E-state index is 11.2.